The predicted octanol–water partition coefficient (Wildman–Crippen LogP) is 6.97. The molecule has 1 heterocycles. The van der Waals surface area contributed by atoms with Crippen LogP contribution in [-0.4, -0.2) is 172 Å². The highest BCUT2D eigenvalue weighted by Crippen LogP contribution is 2.24. The Morgan fingerprint density at radius 1 is 0.910 bits per heavy atom. The van der Waals surface area contributed by atoms with Crippen molar-refractivity contribution in [3.63, 3.8) is 0 Å². The normalized spacial score (nSPS) is 15.4. The van der Waals surface area contributed by atoms with E-state index in [0.717, 1.165) is 76.0 Å². The highest BCUT2D eigenvalue weighted by molar-refractivity contribution is 7.97. The maximum absolute atomic E-state index is 13.1. The van der Waals surface area contributed by atoms with Gasteiger partial charge in [0.05, 0.1) is 24.2 Å². The van der Waals surface area contributed by atoms with Gasteiger partial charge in [0.15, 0.2) is 0 Å². The third kappa shape index (κ3) is 28.5. The van der Waals surface area contributed by atoms with E-state index in [1.54, 1.807) is 57.2 Å². The van der Waals surface area contributed by atoms with Crippen LogP contribution in [0, 0.1) is 11.3 Å². The molecular weight excluding hydrogens is 934 g/mol. The van der Waals surface area contributed by atoms with Crippen LogP contribution < -0.4 is 16.0 Å². The highest BCUT2D eigenvalue weighted by atomic mass is 35.5. The molecule has 6 atom stereocenters. The number of hydrogen-bond donors (Lipinski definition) is 4. The highest BCUT2D eigenvalue weighted by Gasteiger charge is 2.34. The van der Waals surface area contributed by atoms with Crippen LogP contribution in [0.4, 0.5) is 0 Å². The summed E-state index contributed by atoms with van der Waals surface area (Å²) in [5, 5.41) is 9.85. The quantitative estimate of drug-likeness (QED) is 0.0480. The Morgan fingerprint density at radius 2 is 1.51 bits per heavy atom. The fourth-order valence-corrected chi connectivity index (χ4v) is 7.07. The molecule has 3 unspecified atom stereocenters. The molecule has 4 amide bonds. The number of rotatable bonds is 24. The molecule has 67 heavy (non-hydrogen) atoms. The molecule has 3 N–H and O–H groups in total. The summed E-state index contributed by atoms with van der Waals surface area (Å²) in [5.41, 5.74) is 0.720. The monoisotopic (exact) mass is 1020 g/mol. The number of carbonyl (C=O) groups excluding carboxylic acids is 7. The zero-order chi connectivity index (χ0) is 52.4. The van der Waals surface area contributed by atoms with Crippen molar-refractivity contribution in [1.29, 1.82) is 0 Å². The van der Waals surface area contributed by atoms with Crippen LogP contribution in [0.1, 0.15) is 112 Å². The van der Waals surface area contributed by atoms with Gasteiger partial charge in [-0.3, -0.25) is 29.0 Å². The van der Waals surface area contributed by atoms with Gasteiger partial charge in [-0.1, -0.05) is 71.2 Å². The first-order valence-electron chi connectivity index (χ1n) is 23.3. The molecule has 388 valence electrons. The fraction of sp³-hybridized carbons (Fsp3) is 0.735. The molecule has 0 aliphatic carbocycles. The lowest BCUT2D eigenvalue weighted by Crippen LogP contribution is -2.56. The Balaban J connectivity index is -0.00000101. The van der Waals surface area contributed by atoms with Crippen LogP contribution in [0.25, 0.3) is 0 Å². The number of nitrogens with zero attached hydrogens (tertiary/aromatic N) is 4. The van der Waals surface area contributed by atoms with Crippen molar-refractivity contribution in [2.75, 3.05) is 74.1 Å². The summed E-state index contributed by atoms with van der Waals surface area (Å²) in [7, 11) is 10.7. The van der Waals surface area contributed by atoms with E-state index >= 15 is 0 Å². The van der Waals surface area contributed by atoms with E-state index in [0.29, 0.717) is 35.7 Å². The van der Waals surface area contributed by atoms with Crippen LogP contribution in [0.5, 0.6) is 0 Å². The number of carbonyl (C=O) groups is 7. The van der Waals surface area contributed by atoms with Crippen molar-refractivity contribution >= 4 is 90.1 Å². The van der Waals surface area contributed by atoms with E-state index in [1.807, 2.05) is 92.0 Å². The van der Waals surface area contributed by atoms with Gasteiger partial charge in [-0.15, -0.1) is 0 Å². The second-order valence-electron chi connectivity index (χ2n) is 18.0. The van der Waals surface area contributed by atoms with Gasteiger partial charge < -0.3 is 40.1 Å². The summed E-state index contributed by atoms with van der Waals surface area (Å²) in [6.07, 6.45) is 15.6. The number of likely N-dealkylation sites (tertiary alicyclic amines) is 1. The zero-order valence-electron chi connectivity index (χ0n) is 43.7. The molecule has 0 saturated carbocycles. The summed E-state index contributed by atoms with van der Waals surface area (Å²) in [6.45, 7) is 15.2. The number of halogens is 2. The molecule has 0 radical (unpaired) electrons. The Morgan fingerprint density at radius 3 is 1.94 bits per heavy atom. The standard InChI is InChI=1S/C23H43N5O4.C17H24Cl2N2O2.C6H12O.C2H6S.CH4S/c1-16(2)14-18(15-29)26-22(31)20(10-7-8-12-24-4)28(6)23(32)17(3)25-21(30)19-11-9-13-27(19)5;1-5-6-14(11-22)21(4)17(23)16(20(2)3)10-12-9-13(18)7-8-15(12)19;1-4-6(2,3)5-7;1-3-2;1-2/h15-20,24H,7-14H2,1-6H3,(H,25,30)(H,26,31);7-9,11,14,16H,5-6,10H2,1-4H3;5H,4H2,1-3H3;1-2H3;2H,1H3/t17-,18-,19?,20?;14?,16-;;;/m00.../s1. The molecule has 1 aromatic rings. The van der Waals surface area contributed by atoms with Crippen LogP contribution in [0.2, 0.25) is 10.0 Å². The minimum absolute atomic E-state index is 0.0972. The van der Waals surface area contributed by atoms with Crippen molar-refractivity contribution < 1.29 is 33.6 Å². The van der Waals surface area contributed by atoms with Crippen molar-refractivity contribution in [2.45, 2.75) is 149 Å². The molecule has 2 rings (SSSR count). The predicted molar refractivity (Wildman–Crippen MR) is 285 cm³/mol. The smallest absolute Gasteiger partial charge is 0.245 e. The second-order valence-corrected chi connectivity index (χ2v) is 19.7. The molecule has 1 saturated heterocycles. The van der Waals surface area contributed by atoms with Crippen LogP contribution in [0.3, 0.4) is 0 Å². The minimum Gasteiger partial charge on any atom is -0.345 e. The van der Waals surface area contributed by atoms with Gasteiger partial charge in [0.25, 0.3) is 0 Å². The van der Waals surface area contributed by atoms with Gasteiger partial charge in [0.2, 0.25) is 23.6 Å². The molecule has 1 aliphatic rings. The third-order valence-corrected chi connectivity index (χ3v) is 11.8. The maximum Gasteiger partial charge on any atom is 0.245 e. The van der Waals surface area contributed by atoms with E-state index in [1.165, 1.54) is 9.80 Å². The third-order valence-electron chi connectivity index (χ3n) is 11.2. The average molecular weight is 1020 g/mol. The lowest BCUT2D eigenvalue weighted by atomic mass is 9.93. The van der Waals surface area contributed by atoms with Gasteiger partial charge in [0.1, 0.15) is 30.9 Å². The SMILES string of the molecule is CCC(C)(C)C=O.CCCC(C=O)N(C)C(=O)[C@H](Cc1cc(Cl)ccc1Cl)N(C)C.CNCCCCC(C(=O)N[C@H](C=O)CC(C)C)N(C)C(=O)[C@H](C)NC(=O)C1CCCN1C.CS.CSC. The summed E-state index contributed by atoms with van der Waals surface area (Å²) in [5.74, 6) is -0.664. The van der Waals surface area contributed by atoms with Gasteiger partial charge >= 0.3 is 0 Å². The van der Waals surface area contributed by atoms with Crippen LogP contribution in [-0.2, 0) is 40.0 Å². The van der Waals surface area contributed by atoms with Crippen molar-refractivity contribution in [2.24, 2.45) is 11.3 Å². The molecule has 0 bridgehead atoms. The molecule has 0 spiro atoms. The van der Waals surface area contributed by atoms with Gasteiger partial charge in [0, 0.05) is 29.6 Å². The number of thioether (sulfide) groups is 1. The van der Waals surface area contributed by atoms with E-state index in [9.17, 15) is 33.6 Å². The lowest BCUT2D eigenvalue weighted by Gasteiger charge is -2.31. The second kappa shape index (κ2) is 39.0. The van der Waals surface area contributed by atoms with Crippen molar-refractivity contribution in [3.05, 3.63) is 33.8 Å². The number of hydrogen-bond acceptors (Lipinski definition) is 12. The number of thiol groups is 1. The summed E-state index contributed by atoms with van der Waals surface area (Å²) >= 11 is 17.5. The molecule has 14 nitrogen and oxygen atoms in total. The zero-order valence-corrected chi connectivity index (χ0v) is 47.0. The van der Waals surface area contributed by atoms with Crippen LogP contribution >= 0.6 is 47.6 Å². The first kappa shape index (κ1) is 68.5. The first-order chi connectivity index (χ1) is 31.5. The maximum atomic E-state index is 13.1. The number of aldehydes is 3. The summed E-state index contributed by atoms with van der Waals surface area (Å²) < 4.78 is 0. The summed E-state index contributed by atoms with van der Waals surface area (Å²) in [6, 6.07) is 2.16. The Hall–Kier alpha value is -2.73. The van der Waals surface area contributed by atoms with Crippen LogP contribution in [0.15, 0.2) is 18.2 Å². The number of likely N-dealkylation sites (N-methyl/N-ethyl adjacent to an activating group) is 4. The first-order valence-corrected chi connectivity index (χ1v) is 26.6. The molecule has 0 aromatic heterocycles. The number of unbranched alkanes of at least 4 members (excludes halogenated alkanes) is 1. The largest absolute Gasteiger partial charge is 0.345 e. The molecule has 1 aromatic carbocycles. The number of amides is 4. The lowest BCUT2D eigenvalue weighted by molar-refractivity contribution is -0.142. The van der Waals surface area contributed by atoms with E-state index in [4.69, 9.17) is 23.2 Å². The van der Waals surface area contributed by atoms with Gasteiger partial charge in [-0.05, 0) is 154 Å². The van der Waals surface area contributed by atoms with E-state index < -0.39 is 30.2 Å². The topological polar surface area (TPSA) is 169 Å². The van der Waals surface area contributed by atoms with Crippen molar-refractivity contribution in [1.82, 2.24) is 35.6 Å². The average Bonchev–Trinajstić information content (AvgIpc) is 3.74. The summed E-state index contributed by atoms with van der Waals surface area (Å²) in [4.78, 5) is 91.0. The van der Waals surface area contributed by atoms with Gasteiger partial charge in [-0.25, -0.2) is 0 Å². The Bertz CT molecular complexity index is 1580. The number of benzene rings is 1. The Kier molecular flexibility index (Phi) is 39.9. The minimum atomic E-state index is -0.744. The number of nitrogens with one attached hydrogen (secondary N) is 3. The molecule has 1 aliphatic heterocycles. The molecule has 18 heteroatoms. The fourth-order valence-electron chi connectivity index (χ4n) is 6.68. The molecule has 1 fully saturated rings. The van der Waals surface area contributed by atoms with Gasteiger partial charge in [-0.2, -0.15) is 24.4 Å². The van der Waals surface area contributed by atoms with E-state index in [-0.39, 0.29) is 41.0 Å². The molecular formula is C49H89Cl2N7O7S2. The Labute approximate surface area is 425 Å². The van der Waals surface area contributed by atoms with Crippen molar-refractivity contribution in [3.8, 4) is 0 Å². The van der Waals surface area contributed by atoms with E-state index in [2.05, 4.69) is 28.6 Å².